The zero-order valence-electron chi connectivity index (χ0n) is 9.50. The largest absolute Gasteiger partial charge is 0.398 e. The molecule has 18 heavy (non-hydrogen) atoms. The summed E-state index contributed by atoms with van der Waals surface area (Å²) in [5.41, 5.74) is 5.37. The molecule has 0 radical (unpaired) electrons. The predicted octanol–water partition coefficient (Wildman–Crippen LogP) is 0.433. The highest BCUT2D eigenvalue weighted by atomic mass is 32.2. The van der Waals surface area contributed by atoms with Gasteiger partial charge in [-0.15, -0.1) is 0 Å². The number of hydrogen-bond acceptors (Lipinski definition) is 5. The molecule has 7 nitrogen and oxygen atoms in total. The van der Waals surface area contributed by atoms with Crippen molar-refractivity contribution in [3.8, 4) is 0 Å². The highest BCUT2D eigenvalue weighted by Gasteiger charge is 2.15. The van der Waals surface area contributed by atoms with Crippen LogP contribution in [0.25, 0.3) is 0 Å². The molecule has 1 aromatic rings. The van der Waals surface area contributed by atoms with Crippen molar-refractivity contribution < 1.29 is 22.6 Å². The Morgan fingerprint density at radius 1 is 1.39 bits per heavy atom. The van der Waals surface area contributed by atoms with Crippen LogP contribution >= 0.6 is 0 Å². The summed E-state index contributed by atoms with van der Waals surface area (Å²) in [6.07, 6.45) is -0.314. The normalized spacial score (nSPS) is 11.0. The Balaban J connectivity index is 3.00. The molecule has 1 amide bonds. The van der Waals surface area contributed by atoms with E-state index in [1.54, 1.807) is 0 Å². The van der Waals surface area contributed by atoms with Gasteiger partial charge in [0.2, 0.25) is 5.91 Å². The summed E-state index contributed by atoms with van der Waals surface area (Å²) in [5, 5.41) is 2.32. The van der Waals surface area contributed by atoms with Gasteiger partial charge in [-0.25, -0.2) is 0 Å². The van der Waals surface area contributed by atoms with Crippen LogP contribution in [-0.2, 0) is 19.7 Å². The van der Waals surface area contributed by atoms with Gasteiger partial charge in [-0.1, -0.05) is 0 Å². The molecule has 0 aliphatic rings. The highest BCUT2D eigenvalue weighted by molar-refractivity contribution is 7.86. The topological polar surface area (TPSA) is 127 Å². The monoisotopic (exact) mass is 272 g/mol. The molecule has 0 heterocycles. The van der Waals surface area contributed by atoms with Gasteiger partial charge in [-0.3, -0.25) is 14.1 Å². The first-order valence-electron chi connectivity index (χ1n) is 4.86. The first kappa shape index (κ1) is 14.1. The van der Waals surface area contributed by atoms with E-state index in [0.29, 0.717) is 0 Å². The molecule has 0 saturated heterocycles. The molecular weight excluding hydrogens is 260 g/mol. The lowest BCUT2D eigenvalue weighted by Gasteiger charge is -2.07. The van der Waals surface area contributed by atoms with Gasteiger partial charge < -0.3 is 11.1 Å². The molecule has 0 aliphatic carbocycles. The lowest BCUT2D eigenvalue weighted by atomic mass is 10.2. The van der Waals surface area contributed by atoms with Gasteiger partial charge in [0.1, 0.15) is 10.7 Å². The standard InChI is InChI=1S/C10H12N2O5S/c1-6(13)4-10(14)12-7-2-3-8(11)9(5-7)18(15,16)17/h2-3,5H,4,11H2,1H3,(H,12,14)(H,15,16,17). The second kappa shape index (κ2) is 5.15. The smallest absolute Gasteiger partial charge is 0.296 e. The zero-order valence-corrected chi connectivity index (χ0v) is 10.3. The summed E-state index contributed by atoms with van der Waals surface area (Å²) in [6.45, 7) is 1.26. The Morgan fingerprint density at radius 3 is 2.50 bits per heavy atom. The molecule has 0 saturated carbocycles. The van der Waals surface area contributed by atoms with E-state index in [0.717, 1.165) is 6.07 Å². The molecule has 0 fully saturated rings. The van der Waals surface area contributed by atoms with Crippen LogP contribution in [0.4, 0.5) is 11.4 Å². The van der Waals surface area contributed by atoms with Crippen LogP contribution in [0.2, 0.25) is 0 Å². The van der Waals surface area contributed by atoms with Crippen LogP contribution in [-0.4, -0.2) is 24.7 Å². The number of benzene rings is 1. The van der Waals surface area contributed by atoms with Gasteiger partial charge in [0.05, 0.1) is 12.1 Å². The van der Waals surface area contributed by atoms with Crippen LogP contribution < -0.4 is 11.1 Å². The van der Waals surface area contributed by atoms with E-state index in [2.05, 4.69) is 5.32 Å². The Kier molecular flexibility index (Phi) is 4.04. The highest BCUT2D eigenvalue weighted by Crippen LogP contribution is 2.22. The number of Topliss-reactive ketones (excluding diaryl/α,β-unsaturated/α-hetero) is 1. The number of carbonyl (C=O) groups excluding carboxylic acids is 2. The second-order valence-corrected chi connectivity index (χ2v) is 5.04. The van der Waals surface area contributed by atoms with E-state index >= 15 is 0 Å². The first-order valence-corrected chi connectivity index (χ1v) is 6.30. The van der Waals surface area contributed by atoms with E-state index in [4.69, 9.17) is 10.3 Å². The quantitative estimate of drug-likeness (QED) is 0.414. The van der Waals surface area contributed by atoms with E-state index in [1.165, 1.54) is 19.1 Å². The van der Waals surface area contributed by atoms with Gasteiger partial charge in [-0.05, 0) is 25.1 Å². The second-order valence-electron chi connectivity index (χ2n) is 3.65. The Hall–Kier alpha value is -1.93. The number of nitrogen functional groups attached to an aromatic ring is 1. The Labute approximate surface area is 104 Å². The van der Waals surface area contributed by atoms with Crippen LogP contribution in [0.1, 0.15) is 13.3 Å². The first-order chi connectivity index (χ1) is 8.20. The molecule has 1 rings (SSSR count). The summed E-state index contributed by atoms with van der Waals surface area (Å²) < 4.78 is 30.9. The molecule has 0 aliphatic heterocycles. The molecular formula is C10H12N2O5S. The fourth-order valence-electron chi connectivity index (χ4n) is 1.27. The minimum absolute atomic E-state index is 0.128. The fourth-order valence-corrected chi connectivity index (χ4v) is 1.91. The van der Waals surface area contributed by atoms with Gasteiger partial charge >= 0.3 is 0 Å². The van der Waals surface area contributed by atoms with Crippen molar-refractivity contribution >= 4 is 33.2 Å². The van der Waals surface area contributed by atoms with Crippen molar-refractivity contribution in [2.75, 3.05) is 11.1 Å². The fraction of sp³-hybridized carbons (Fsp3) is 0.200. The molecule has 0 bridgehead atoms. The van der Waals surface area contributed by atoms with Crippen molar-refractivity contribution in [3.63, 3.8) is 0 Å². The van der Waals surface area contributed by atoms with Gasteiger partial charge in [0.25, 0.3) is 10.1 Å². The van der Waals surface area contributed by atoms with Crippen LogP contribution in [0.15, 0.2) is 23.1 Å². The number of anilines is 2. The predicted molar refractivity (Wildman–Crippen MR) is 64.6 cm³/mol. The molecule has 0 atom stereocenters. The van der Waals surface area contributed by atoms with Gasteiger partial charge in [-0.2, -0.15) is 8.42 Å². The lowest BCUT2D eigenvalue weighted by Crippen LogP contribution is -2.15. The minimum Gasteiger partial charge on any atom is -0.398 e. The van der Waals surface area contributed by atoms with Gasteiger partial charge in [0.15, 0.2) is 0 Å². The van der Waals surface area contributed by atoms with Gasteiger partial charge in [0, 0.05) is 5.69 Å². The number of nitrogens with two attached hydrogens (primary N) is 1. The van der Waals surface area contributed by atoms with Crippen molar-refractivity contribution in [1.29, 1.82) is 0 Å². The summed E-state index contributed by atoms with van der Waals surface area (Å²) in [5.74, 6) is -0.897. The van der Waals surface area contributed by atoms with E-state index in [9.17, 15) is 18.0 Å². The van der Waals surface area contributed by atoms with E-state index < -0.39 is 20.9 Å². The number of amides is 1. The summed E-state index contributed by atoms with van der Waals surface area (Å²) in [4.78, 5) is 21.5. The number of carbonyl (C=O) groups is 2. The number of rotatable bonds is 4. The molecule has 1 aromatic carbocycles. The van der Waals surface area contributed by atoms with Crippen LogP contribution in [0, 0.1) is 0 Å². The van der Waals surface area contributed by atoms with E-state index in [-0.39, 0.29) is 23.6 Å². The SMILES string of the molecule is CC(=O)CC(=O)Nc1ccc(N)c(S(=O)(=O)O)c1. The summed E-state index contributed by atoms with van der Waals surface area (Å²) >= 11 is 0. The number of nitrogens with one attached hydrogen (secondary N) is 1. The molecule has 0 aromatic heterocycles. The molecule has 8 heteroatoms. The summed E-state index contributed by atoms with van der Waals surface area (Å²) in [7, 11) is -4.46. The maximum Gasteiger partial charge on any atom is 0.296 e. The Morgan fingerprint density at radius 2 is 2.00 bits per heavy atom. The number of ketones is 1. The van der Waals surface area contributed by atoms with Crippen molar-refractivity contribution in [2.45, 2.75) is 18.2 Å². The van der Waals surface area contributed by atoms with Crippen LogP contribution in [0.3, 0.4) is 0 Å². The summed E-state index contributed by atoms with van der Waals surface area (Å²) in [6, 6.07) is 3.61. The zero-order chi connectivity index (χ0) is 13.9. The molecule has 98 valence electrons. The maximum atomic E-state index is 11.3. The number of hydrogen-bond donors (Lipinski definition) is 3. The van der Waals surface area contributed by atoms with Crippen LogP contribution in [0.5, 0.6) is 0 Å². The van der Waals surface area contributed by atoms with Crippen molar-refractivity contribution in [1.82, 2.24) is 0 Å². The molecule has 4 N–H and O–H groups in total. The lowest BCUT2D eigenvalue weighted by molar-refractivity contribution is -0.124. The molecule has 0 unspecified atom stereocenters. The van der Waals surface area contributed by atoms with E-state index in [1.807, 2.05) is 0 Å². The third-order valence-electron chi connectivity index (χ3n) is 1.98. The third-order valence-corrected chi connectivity index (χ3v) is 2.89. The average molecular weight is 272 g/mol. The Bertz CT molecular complexity index is 594. The minimum atomic E-state index is -4.46. The molecule has 0 spiro atoms. The van der Waals surface area contributed by atoms with Crippen molar-refractivity contribution in [2.24, 2.45) is 0 Å². The maximum absolute atomic E-state index is 11.3. The third kappa shape index (κ3) is 3.82. The van der Waals surface area contributed by atoms with Crippen molar-refractivity contribution in [3.05, 3.63) is 18.2 Å². The average Bonchev–Trinajstić information content (AvgIpc) is 2.17.